The van der Waals surface area contributed by atoms with Crippen LogP contribution in [-0.4, -0.2) is 46.9 Å². The molecule has 0 unspecified atom stereocenters. The molecule has 16 heteroatoms. The first-order valence-electron chi connectivity index (χ1n) is 4.57. The van der Waals surface area contributed by atoms with Gasteiger partial charge < -0.3 is 4.18 Å². The van der Waals surface area contributed by atoms with E-state index in [1.807, 2.05) is 0 Å². The number of halogens is 9. The van der Waals surface area contributed by atoms with Crippen LogP contribution >= 0.6 is 0 Å². The molecule has 0 aliphatic rings. The van der Waals surface area contributed by atoms with Crippen molar-refractivity contribution in [2.45, 2.75) is 23.3 Å². The Bertz CT molecular complexity index is 624. The quantitative estimate of drug-likeness (QED) is 0.635. The summed E-state index contributed by atoms with van der Waals surface area (Å²) >= 11 is 0. The summed E-state index contributed by atoms with van der Waals surface area (Å²) in [6, 6.07) is -1.45. The Hall–Kier alpha value is -1.74. The minimum Gasteiger partial charge on any atom is -0.339 e. The second-order valence-corrected chi connectivity index (χ2v) is 5.08. The van der Waals surface area contributed by atoms with Crippen LogP contribution in [0.2, 0.25) is 0 Å². The summed E-state index contributed by atoms with van der Waals surface area (Å²) in [5.74, 6) is -14.7. The molecule has 1 aromatic heterocycles. The van der Waals surface area contributed by atoms with Crippen molar-refractivity contribution in [3.8, 4) is 6.01 Å². The van der Waals surface area contributed by atoms with Crippen molar-refractivity contribution in [3.05, 3.63) is 6.33 Å². The molecule has 0 fully saturated rings. The van der Waals surface area contributed by atoms with Crippen LogP contribution in [-0.2, 0) is 10.1 Å². The lowest BCUT2D eigenvalue weighted by molar-refractivity contribution is -0.382. The SMILES string of the molecule is O=S(=O)(Oc1ncn[nH]1)C(F)(F)C(F)(F)C(F)(F)C(F)(F)F. The fraction of sp³-hybridized carbons (Fsp3) is 0.667. The molecule has 1 heterocycles. The lowest BCUT2D eigenvalue weighted by atomic mass is 10.1. The zero-order valence-corrected chi connectivity index (χ0v) is 10.3. The molecule has 0 aliphatic carbocycles. The molecule has 22 heavy (non-hydrogen) atoms. The van der Waals surface area contributed by atoms with Gasteiger partial charge in [0, 0.05) is 0 Å². The topological polar surface area (TPSA) is 84.9 Å². The molecule has 0 atom stereocenters. The molecule has 0 aliphatic heterocycles. The molecule has 128 valence electrons. The van der Waals surface area contributed by atoms with Gasteiger partial charge in [0.25, 0.3) is 0 Å². The van der Waals surface area contributed by atoms with Gasteiger partial charge in [-0.15, -0.1) is 0 Å². The summed E-state index contributed by atoms with van der Waals surface area (Å²) in [5.41, 5.74) is 0. The van der Waals surface area contributed by atoms with Gasteiger partial charge in [0.2, 0.25) is 0 Å². The van der Waals surface area contributed by atoms with Gasteiger partial charge in [0.15, 0.2) is 0 Å². The summed E-state index contributed by atoms with van der Waals surface area (Å²) in [6.45, 7) is 0. The van der Waals surface area contributed by atoms with Crippen LogP contribution in [0.3, 0.4) is 0 Å². The molecule has 0 amide bonds. The predicted octanol–water partition coefficient (Wildman–Crippen LogP) is 1.94. The lowest BCUT2D eigenvalue weighted by Gasteiger charge is -2.32. The van der Waals surface area contributed by atoms with Gasteiger partial charge in [-0.2, -0.15) is 58.0 Å². The molecule has 1 rings (SSSR count). The monoisotopic (exact) mass is 367 g/mol. The zero-order chi connectivity index (χ0) is 17.6. The van der Waals surface area contributed by atoms with Crippen LogP contribution in [0, 0.1) is 0 Å². The van der Waals surface area contributed by atoms with Crippen molar-refractivity contribution >= 4 is 10.1 Å². The van der Waals surface area contributed by atoms with E-state index in [4.69, 9.17) is 0 Å². The second-order valence-electron chi connectivity index (χ2n) is 3.49. The van der Waals surface area contributed by atoms with Crippen LogP contribution in [0.5, 0.6) is 6.01 Å². The van der Waals surface area contributed by atoms with Crippen LogP contribution in [0.15, 0.2) is 6.33 Å². The van der Waals surface area contributed by atoms with Crippen molar-refractivity contribution in [1.29, 1.82) is 0 Å². The zero-order valence-electron chi connectivity index (χ0n) is 9.51. The van der Waals surface area contributed by atoms with Crippen molar-refractivity contribution in [1.82, 2.24) is 15.2 Å². The Morgan fingerprint density at radius 3 is 1.82 bits per heavy atom. The van der Waals surface area contributed by atoms with Gasteiger partial charge in [-0.3, -0.25) is 0 Å². The molecule has 0 bridgehead atoms. The lowest BCUT2D eigenvalue weighted by Crippen LogP contribution is -2.63. The Labute approximate surface area is 114 Å². The average Bonchev–Trinajstić information content (AvgIpc) is 2.78. The van der Waals surface area contributed by atoms with E-state index in [1.165, 1.54) is 5.10 Å². The van der Waals surface area contributed by atoms with Gasteiger partial charge in [0.05, 0.1) is 0 Å². The van der Waals surface area contributed by atoms with E-state index in [0.29, 0.717) is 6.33 Å². The Kier molecular flexibility index (Phi) is 4.06. The second kappa shape index (κ2) is 4.88. The summed E-state index contributed by atoms with van der Waals surface area (Å²) < 4.78 is 137. The molecule has 0 saturated heterocycles. The third kappa shape index (κ3) is 2.54. The molecule has 1 aromatic rings. The Morgan fingerprint density at radius 2 is 1.45 bits per heavy atom. The molecule has 0 spiro atoms. The van der Waals surface area contributed by atoms with Crippen molar-refractivity contribution < 1.29 is 52.1 Å². The van der Waals surface area contributed by atoms with Gasteiger partial charge in [-0.05, 0) is 0 Å². The summed E-state index contributed by atoms with van der Waals surface area (Å²) in [7, 11) is -6.98. The number of nitrogens with one attached hydrogen (secondary N) is 1. The van der Waals surface area contributed by atoms with Gasteiger partial charge in [0.1, 0.15) is 6.33 Å². The average molecular weight is 367 g/mol. The summed E-state index contributed by atoms with van der Waals surface area (Å²) in [4.78, 5) is 2.75. The van der Waals surface area contributed by atoms with E-state index >= 15 is 0 Å². The number of hydrogen-bond donors (Lipinski definition) is 1. The molecule has 6 nitrogen and oxygen atoms in total. The molecular formula is C6H2F9N3O3S. The predicted molar refractivity (Wildman–Crippen MR) is 46.8 cm³/mol. The number of hydrogen-bond acceptors (Lipinski definition) is 5. The normalized spacial score (nSPS) is 15.0. The summed E-state index contributed by atoms with van der Waals surface area (Å²) in [5, 5.41) is -2.65. The maximum absolute atomic E-state index is 13.1. The fourth-order valence-electron chi connectivity index (χ4n) is 0.908. The minimum atomic E-state index is -7.36. The van der Waals surface area contributed by atoms with E-state index in [2.05, 4.69) is 14.3 Å². The number of alkyl halides is 9. The van der Waals surface area contributed by atoms with E-state index < -0.39 is 39.4 Å². The largest absolute Gasteiger partial charge is 0.460 e. The summed E-state index contributed by atoms with van der Waals surface area (Å²) in [6.07, 6.45) is -6.70. The number of rotatable bonds is 5. The fourth-order valence-corrected chi connectivity index (χ4v) is 1.74. The first-order chi connectivity index (χ1) is 9.58. The standard InChI is InChI=1S/C6H2F9N3O3S/c7-3(8,5(11,12)13)4(9,10)6(14,15)22(19,20)21-2-16-1-17-18-2/h1H,(H,16,17,18). The van der Waals surface area contributed by atoms with Crippen LogP contribution in [0.25, 0.3) is 0 Å². The van der Waals surface area contributed by atoms with Crippen molar-refractivity contribution in [3.63, 3.8) is 0 Å². The molecule has 0 aromatic carbocycles. The van der Waals surface area contributed by atoms with Crippen LogP contribution in [0.1, 0.15) is 0 Å². The number of H-pyrrole nitrogens is 1. The highest BCUT2D eigenvalue weighted by Gasteiger charge is 2.86. The number of aromatic amines is 1. The van der Waals surface area contributed by atoms with Gasteiger partial charge in [-0.25, -0.2) is 5.10 Å². The van der Waals surface area contributed by atoms with Gasteiger partial charge >= 0.3 is 39.4 Å². The van der Waals surface area contributed by atoms with E-state index in [1.54, 1.807) is 0 Å². The maximum atomic E-state index is 13.1. The van der Waals surface area contributed by atoms with Crippen molar-refractivity contribution in [2.75, 3.05) is 0 Å². The molecule has 0 saturated carbocycles. The van der Waals surface area contributed by atoms with Crippen molar-refractivity contribution in [2.24, 2.45) is 0 Å². The third-order valence-corrected chi connectivity index (χ3v) is 3.27. The maximum Gasteiger partial charge on any atom is 0.460 e. The third-order valence-electron chi connectivity index (χ3n) is 2.01. The Balaban J connectivity index is 3.32. The molecule has 0 radical (unpaired) electrons. The first-order valence-corrected chi connectivity index (χ1v) is 5.98. The highest BCUT2D eigenvalue weighted by molar-refractivity contribution is 7.88. The number of nitrogens with zero attached hydrogens (tertiary/aromatic N) is 2. The molecular weight excluding hydrogens is 365 g/mol. The van der Waals surface area contributed by atoms with E-state index in [-0.39, 0.29) is 0 Å². The van der Waals surface area contributed by atoms with Crippen LogP contribution in [0.4, 0.5) is 39.5 Å². The number of aromatic nitrogens is 3. The smallest absolute Gasteiger partial charge is 0.339 e. The molecule has 1 N–H and O–H groups in total. The highest BCUT2D eigenvalue weighted by atomic mass is 32.2. The van der Waals surface area contributed by atoms with Crippen LogP contribution < -0.4 is 4.18 Å². The van der Waals surface area contributed by atoms with E-state index in [0.717, 1.165) is 0 Å². The van der Waals surface area contributed by atoms with Gasteiger partial charge in [-0.1, -0.05) is 0 Å². The first kappa shape index (κ1) is 18.3. The Morgan fingerprint density at radius 1 is 0.955 bits per heavy atom. The van der Waals surface area contributed by atoms with E-state index in [9.17, 15) is 47.9 Å². The minimum absolute atomic E-state index is 0.450. The highest BCUT2D eigenvalue weighted by Crippen LogP contribution is 2.54.